The molecule has 0 aromatic heterocycles. The zero-order valence-corrected chi connectivity index (χ0v) is 23.5. The number of hydroxylamine groups is 2. The fourth-order valence-corrected chi connectivity index (χ4v) is 10.7. The van der Waals surface area contributed by atoms with E-state index in [2.05, 4.69) is 26.1 Å². The average Bonchev–Trinajstić information content (AvgIpc) is 3.38. The molecule has 4 aliphatic carbocycles. The van der Waals surface area contributed by atoms with Crippen molar-refractivity contribution in [3.63, 3.8) is 0 Å². The van der Waals surface area contributed by atoms with E-state index >= 15 is 0 Å². The average molecular weight is 529 g/mol. The first-order valence-corrected chi connectivity index (χ1v) is 14.6. The fourth-order valence-electron chi connectivity index (χ4n) is 10.4. The zero-order chi connectivity index (χ0) is 26.2. The monoisotopic (exact) mass is 528 g/mol. The smallest absolute Gasteiger partial charge is 0.312 e. The highest BCUT2D eigenvalue weighted by Gasteiger charge is 2.73. The lowest BCUT2D eigenvalue weighted by Gasteiger charge is -2.64. The molecule has 6 rings (SSSR count). The molecular formula is C30H41FN2O3S. The highest BCUT2D eigenvalue weighted by atomic mass is 32.1. The van der Waals surface area contributed by atoms with E-state index in [-0.39, 0.29) is 39.5 Å². The Morgan fingerprint density at radius 3 is 2.59 bits per heavy atom. The Hall–Kier alpha value is -1.73. The lowest BCUT2D eigenvalue weighted by Crippen LogP contribution is -2.60. The molecule has 2 bridgehead atoms. The van der Waals surface area contributed by atoms with E-state index in [0.717, 1.165) is 37.8 Å². The summed E-state index contributed by atoms with van der Waals surface area (Å²) < 4.78 is 19.1. The molecule has 1 saturated heterocycles. The molecule has 202 valence electrons. The van der Waals surface area contributed by atoms with Crippen molar-refractivity contribution < 1.29 is 18.8 Å². The quantitative estimate of drug-likeness (QED) is 0.347. The summed E-state index contributed by atoms with van der Waals surface area (Å²) in [5, 5.41) is 5.84. The third-order valence-corrected chi connectivity index (χ3v) is 11.9. The first kappa shape index (κ1) is 25.5. The minimum absolute atomic E-state index is 0.0133. The molecule has 0 unspecified atom stereocenters. The van der Waals surface area contributed by atoms with Gasteiger partial charge in [-0.2, -0.15) is 0 Å². The van der Waals surface area contributed by atoms with E-state index in [1.54, 1.807) is 12.1 Å². The molecule has 0 radical (unpaired) electrons. The van der Waals surface area contributed by atoms with Gasteiger partial charge in [-0.1, -0.05) is 20.3 Å². The summed E-state index contributed by atoms with van der Waals surface area (Å²) in [4.78, 5) is 19.6. The number of esters is 1. The fraction of sp³-hybridized carbons (Fsp3) is 0.733. The summed E-state index contributed by atoms with van der Waals surface area (Å²) in [6, 6.07) is 6.55. The minimum atomic E-state index is -0.387. The Morgan fingerprint density at radius 1 is 1.14 bits per heavy atom. The number of nitrogens with zero attached hydrogens (tertiary/aromatic N) is 1. The molecule has 1 N–H and O–H groups in total. The van der Waals surface area contributed by atoms with Crippen molar-refractivity contribution in [1.29, 1.82) is 0 Å². The number of nitrogens with one attached hydrogen (secondary N) is 1. The van der Waals surface area contributed by atoms with Crippen molar-refractivity contribution in [2.24, 2.45) is 39.4 Å². The van der Waals surface area contributed by atoms with Gasteiger partial charge >= 0.3 is 5.97 Å². The van der Waals surface area contributed by atoms with E-state index in [4.69, 9.17) is 21.8 Å². The molecule has 5 fully saturated rings. The number of hydrogen-bond donors (Lipinski definition) is 1. The minimum Gasteiger partial charge on any atom is -0.466 e. The number of thiocarbonyl (C=S) groups is 1. The van der Waals surface area contributed by atoms with E-state index in [9.17, 15) is 9.18 Å². The summed E-state index contributed by atoms with van der Waals surface area (Å²) in [7, 11) is 0. The van der Waals surface area contributed by atoms with Gasteiger partial charge in [-0.15, -0.1) is 0 Å². The van der Waals surface area contributed by atoms with Gasteiger partial charge in [-0.25, -0.2) is 9.45 Å². The van der Waals surface area contributed by atoms with Crippen LogP contribution in [0.1, 0.15) is 79.1 Å². The molecule has 4 saturated carbocycles. The van der Waals surface area contributed by atoms with Gasteiger partial charge in [0.25, 0.3) is 0 Å². The standard InChI is InChI=1S/C30H41FN2O3S/c1-5-35-25(34)29(4)14-6-13-28(3)22(29)12-16-30-18-27(2,15-11-23(28)30)24-21(30)17-36-33(24)26(37)32-20-9-7-19(31)8-10-20/h7-10,21-24H,5-6,11-18H2,1-4H3,(H,32,37)/t21-,22+,23+,24+,27+,28-,29-,30-/m1/s1. The van der Waals surface area contributed by atoms with Gasteiger partial charge < -0.3 is 10.1 Å². The highest BCUT2D eigenvalue weighted by Crippen LogP contribution is 2.76. The van der Waals surface area contributed by atoms with Gasteiger partial charge in [0.1, 0.15) is 5.82 Å². The molecule has 1 heterocycles. The maximum atomic E-state index is 13.4. The third-order valence-electron chi connectivity index (χ3n) is 11.6. The van der Waals surface area contributed by atoms with Gasteiger partial charge in [-0.05, 0) is 123 Å². The van der Waals surface area contributed by atoms with E-state index in [1.165, 1.54) is 31.4 Å². The lowest BCUT2D eigenvalue weighted by molar-refractivity contribution is -0.195. The van der Waals surface area contributed by atoms with Crippen LogP contribution >= 0.6 is 12.2 Å². The van der Waals surface area contributed by atoms with Crippen LogP contribution in [0.15, 0.2) is 24.3 Å². The number of carbonyl (C=O) groups excluding carboxylic acids is 1. The van der Waals surface area contributed by atoms with Crippen LogP contribution in [0.25, 0.3) is 0 Å². The van der Waals surface area contributed by atoms with Crippen LogP contribution < -0.4 is 5.32 Å². The van der Waals surface area contributed by atoms with Gasteiger partial charge in [0, 0.05) is 11.6 Å². The molecule has 1 aliphatic heterocycles. The Balaban J connectivity index is 1.29. The SMILES string of the molecule is CCOC(=O)[C@]1(C)CCC[C@@]2(C)[C@@H]3CC[C@@]4(C)C[C@]3(CC[C@@H]21)[C@@H]1CON(C(=S)Nc2ccc(F)cc2)[C@@H]14. The zero-order valence-electron chi connectivity index (χ0n) is 22.6. The molecule has 1 aromatic rings. The van der Waals surface area contributed by atoms with E-state index < -0.39 is 0 Å². The summed E-state index contributed by atoms with van der Waals surface area (Å²) >= 11 is 5.85. The first-order chi connectivity index (χ1) is 17.6. The molecule has 5 nitrogen and oxygen atoms in total. The number of carbonyl (C=O) groups is 1. The second-order valence-electron chi connectivity index (χ2n) is 13.4. The molecular weight excluding hydrogens is 487 g/mol. The predicted octanol–water partition coefficient (Wildman–Crippen LogP) is 6.73. The maximum absolute atomic E-state index is 13.4. The molecule has 1 spiro atoms. The number of hydrogen-bond acceptors (Lipinski definition) is 4. The van der Waals surface area contributed by atoms with E-state index in [0.29, 0.717) is 36.1 Å². The van der Waals surface area contributed by atoms with Crippen LogP contribution in [0.2, 0.25) is 0 Å². The Labute approximate surface area is 225 Å². The molecule has 8 atom stereocenters. The Kier molecular flexibility index (Phi) is 5.96. The molecule has 7 heteroatoms. The number of fused-ring (bicyclic) bond motifs is 5. The number of anilines is 1. The number of benzene rings is 1. The molecule has 5 aliphatic rings. The van der Waals surface area contributed by atoms with Crippen molar-refractivity contribution in [2.75, 3.05) is 18.5 Å². The highest BCUT2D eigenvalue weighted by molar-refractivity contribution is 7.80. The van der Waals surface area contributed by atoms with Crippen molar-refractivity contribution in [3.8, 4) is 0 Å². The topological polar surface area (TPSA) is 50.8 Å². The van der Waals surface area contributed by atoms with Crippen molar-refractivity contribution in [3.05, 3.63) is 30.1 Å². The molecule has 1 aromatic carbocycles. The summed E-state index contributed by atoms with van der Waals surface area (Å²) in [6.07, 6.45) is 9.03. The van der Waals surface area contributed by atoms with Crippen LogP contribution in [0.4, 0.5) is 10.1 Å². The lowest BCUT2D eigenvalue weighted by atomic mass is 9.39. The number of rotatable bonds is 3. The largest absolute Gasteiger partial charge is 0.466 e. The normalized spacial score (nSPS) is 44.0. The predicted molar refractivity (Wildman–Crippen MR) is 145 cm³/mol. The van der Waals surface area contributed by atoms with Crippen molar-refractivity contribution in [1.82, 2.24) is 5.06 Å². The third kappa shape index (κ3) is 3.55. The summed E-state index contributed by atoms with van der Waals surface area (Å²) in [6.45, 7) is 10.2. The van der Waals surface area contributed by atoms with Gasteiger partial charge in [-0.3, -0.25) is 9.63 Å². The van der Waals surface area contributed by atoms with Gasteiger partial charge in [0.05, 0.1) is 24.7 Å². The van der Waals surface area contributed by atoms with Crippen molar-refractivity contribution >= 4 is 29.0 Å². The van der Waals surface area contributed by atoms with Crippen LogP contribution in [-0.2, 0) is 14.4 Å². The van der Waals surface area contributed by atoms with Gasteiger partial charge in [0.15, 0.2) is 5.11 Å². The van der Waals surface area contributed by atoms with Crippen LogP contribution in [0.5, 0.6) is 0 Å². The van der Waals surface area contributed by atoms with Crippen LogP contribution in [0, 0.1) is 45.2 Å². The summed E-state index contributed by atoms with van der Waals surface area (Å²) in [5.41, 5.74) is 0.871. The van der Waals surface area contributed by atoms with Crippen molar-refractivity contribution in [2.45, 2.75) is 85.1 Å². The molecule has 37 heavy (non-hydrogen) atoms. The van der Waals surface area contributed by atoms with Crippen LogP contribution in [-0.4, -0.2) is 35.4 Å². The number of ether oxygens (including phenoxy) is 1. The van der Waals surface area contributed by atoms with Gasteiger partial charge in [0.2, 0.25) is 0 Å². The second-order valence-corrected chi connectivity index (χ2v) is 13.7. The Morgan fingerprint density at radius 2 is 1.86 bits per heavy atom. The molecule has 0 amide bonds. The number of halogens is 1. The van der Waals surface area contributed by atoms with E-state index in [1.807, 2.05) is 12.0 Å². The second kappa shape index (κ2) is 8.64. The van der Waals surface area contributed by atoms with Crippen LogP contribution in [0.3, 0.4) is 0 Å². The Bertz CT molecular complexity index is 1100. The summed E-state index contributed by atoms with van der Waals surface area (Å²) in [5.74, 6) is 1.12. The first-order valence-electron chi connectivity index (χ1n) is 14.2. The maximum Gasteiger partial charge on any atom is 0.312 e.